The van der Waals surface area contributed by atoms with Crippen molar-refractivity contribution in [1.29, 1.82) is 0 Å². The molecule has 2 aromatic rings. The van der Waals surface area contributed by atoms with Crippen LogP contribution in [0, 0.1) is 0 Å². The summed E-state index contributed by atoms with van der Waals surface area (Å²) in [7, 11) is 0. The molecule has 0 spiro atoms. The Balaban J connectivity index is 1.65. The molecule has 0 unspecified atom stereocenters. The predicted octanol–water partition coefficient (Wildman–Crippen LogP) is 1.08. The summed E-state index contributed by atoms with van der Waals surface area (Å²) in [4.78, 5) is 11.5. The summed E-state index contributed by atoms with van der Waals surface area (Å²) in [6.07, 6.45) is 1.95. The van der Waals surface area contributed by atoms with E-state index in [4.69, 9.17) is 10.5 Å². The van der Waals surface area contributed by atoms with Gasteiger partial charge in [0.2, 0.25) is 5.91 Å². The number of ether oxygens (including phenoxy) is 1. The molecule has 0 fully saturated rings. The van der Waals surface area contributed by atoms with Gasteiger partial charge in [-0.05, 0) is 30.3 Å². The second-order valence-corrected chi connectivity index (χ2v) is 4.03. The van der Waals surface area contributed by atoms with Gasteiger partial charge in [-0.2, -0.15) is 5.10 Å². The molecular weight excluding hydrogens is 244 g/mol. The molecule has 0 atom stereocenters. The Morgan fingerprint density at radius 2 is 2.11 bits per heavy atom. The third-order valence-electron chi connectivity index (χ3n) is 2.51. The van der Waals surface area contributed by atoms with Crippen LogP contribution in [0.3, 0.4) is 0 Å². The van der Waals surface area contributed by atoms with Crippen LogP contribution >= 0.6 is 0 Å². The van der Waals surface area contributed by atoms with E-state index in [1.807, 2.05) is 6.07 Å². The van der Waals surface area contributed by atoms with Gasteiger partial charge in [0.25, 0.3) is 0 Å². The summed E-state index contributed by atoms with van der Waals surface area (Å²) in [5, 5.41) is 9.34. The summed E-state index contributed by atoms with van der Waals surface area (Å²) in [5.74, 6) is 0.639. The van der Waals surface area contributed by atoms with Crippen LogP contribution < -0.4 is 15.8 Å². The topological polar surface area (TPSA) is 93.0 Å². The molecule has 2 rings (SSSR count). The van der Waals surface area contributed by atoms with Crippen molar-refractivity contribution in [3.8, 4) is 5.75 Å². The fourth-order valence-electron chi connectivity index (χ4n) is 1.49. The number of anilines is 1. The number of amides is 1. The van der Waals surface area contributed by atoms with Gasteiger partial charge in [-0.25, -0.2) is 0 Å². The lowest BCUT2D eigenvalue weighted by Gasteiger charge is -2.06. The largest absolute Gasteiger partial charge is 0.493 e. The molecule has 6 nitrogen and oxygen atoms in total. The molecule has 6 heteroatoms. The minimum atomic E-state index is -0.0648. The van der Waals surface area contributed by atoms with E-state index in [-0.39, 0.29) is 5.91 Å². The number of aromatic amines is 1. The summed E-state index contributed by atoms with van der Waals surface area (Å²) < 4.78 is 5.43. The maximum absolute atomic E-state index is 11.5. The Morgan fingerprint density at radius 1 is 1.32 bits per heavy atom. The monoisotopic (exact) mass is 260 g/mol. The molecule has 1 amide bonds. The third kappa shape index (κ3) is 4.34. The molecule has 0 aliphatic carbocycles. The van der Waals surface area contributed by atoms with Gasteiger partial charge >= 0.3 is 0 Å². The molecule has 1 aromatic carbocycles. The minimum Gasteiger partial charge on any atom is -0.493 e. The van der Waals surface area contributed by atoms with E-state index in [1.54, 1.807) is 30.5 Å². The first-order valence-corrected chi connectivity index (χ1v) is 5.97. The highest BCUT2D eigenvalue weighted by atomic mass is 16.5. The highest BCUT2D eigenvalue weighted by Crippen LogP contribution is 2.12. The highest BCUT2D eigenvalue weighted by molar-refractivity contribution is 5.75. The number of nitrogen functional groups attached to an aromatic ring is 1. The van der Waals surface area contributed by atoms with E-state index in [2.05, 4.69) is 15.5 Å². The maximum Gasteiger partial charge on any atom is 0.223 e. The number of nitrogens with one attached hydrogen (secondary N) is 2. The van der Waals surface area contributed by atoms with Gasteiger partial charge in [0.1, 0.15) is 5.75 Å². The first-order chi connectivity index (χ1) is 9.24. The van der Waals surface area contributed by atoms with Crippen molar-refractivity contribution in [2.45, 2.75) is 13.0 Å². The van der Waals surface area contributed by atoms with Crippen LogP contribution in [0.5, 0.6) is 5.75 Å². The number of carbonyl (C=O) groups is 1. The number of nitrogens with zero attached hydrogens (tertiary/aromatic N) is 1. The van der Waals surface area contributed by atoms with Gasteiger partial charge in [0.15, 0.2) is 0 Å². The van der Waals surface area contributed by atoms with Crippen LogP contribution in [0.15, 0.2) is 36.5 Å². The number of aromatic nitrogens is 2. The van der Waals surface area contributed by atoms with E-state index in [0.717, 1.165) is 5.69 Å². The van der Waals surface area contributed by atoms with E-state index in [0.29, 0.717) is 31.0 Å². The van der Waals surface area contributed by atoms with Crippen LogP contribution in [0.25, 0.3) is 0 Å². The summed E-state index contributed by atoms with van der Waals surface area (Å²) in [6, 6.07) is 8.88. The van der Waals surface area contributed by atoms with Gasteiger partial charge in [-0.15, -0.1) is 0 Å². The zero-order valence-electron chi connectivity index (χ0n) is 10.4. The molecule has 1 heterocycles. The first kappa shape index (κ1) is 12.9. The van der Waals surface area contributed by atoms with Crippen LogP contribution in [0.4, 0.5) is 5.69 Å². The SMILES string of the molecule is Nc1ccc(OCCC(=O)NCc2ccn[nH]2)cc1. The molecule has 4 N–H and O–H groups in total. The highest BCUT2D eigenvalue weighted by Gasteiger charge is 2.02. The van der Waals surface area contributed by atoms with Crippen LogP contribution in [0.2, 0.25) is 0 Å². The summed E-state index contributed by atoms with van der Waals surface area (Å²) in [6.45, 7) is 0.777. The Hall–Kier alpha value is -2.50. The van der Waals surface area contributed by atoms with Crippen molar-refractivity contribution >= 4 is 11.6 Å². The zero-order valence-corrected chi connectivity index (χ0v) is 10.4. The Bertz CT molecular complexity index is 508. The first-order valence-electron chi connectivity index (χ1n) is 5.97. The summed E-state index contributed by atoms with van der Waals surface area (Å²) >= 11 is 0. The van der Waals surface area contributed by atoms with Crippen LogP contribution in [0.1, 0.15) is 12.1 Å². The average Bonchev–Trinajstić information content (AvgIpc) is 2.92. The lowest BCUT2D eigenvalue weighted by Crippen LogP contribution is -2.24. The molecule has 0 saturated heterocycles. The van der Waals surface area contributed by atoms with E-state index >= 15 is 0 Å². The third-order valence-corrected chi connectivity index (χ3v) is 2.51. The minimum absolute atomic E-state index is 0.0648. The lowest BCUT2D eigenvalue weighted by atomic mass is 10.3. The van der Waals surface area contributed by atoms with Crippen molar-refractivity contribution in [2.24, 2.45) is 0 Å². The molecule has 19 heavy (non-hydrogen) atoms. The second-order valence-electron chi connectivity index (χ2n) is 4.03. The number of nitrogens with two attached hydrogens (primary N) is 1. The quantitative estimate of drug-likeness (QED) is 0.677. The molecule has 0 aliphatic heterocycles. The normalized spacial score (nSPS) is 10.1. The lowest BCUT2D eigenvalue weighted by molar-refractivity contribution is -0.121. The van der Waals surface area contributed by atoms with Crippen molar-refractivity contribution in [3.05, 3.63) is 42.2 Å². The number of hydrogen-bond acceptors (Lipinski definition) is 4. The smallest absolute Gasteiger partial charge is 0.223 e. The molecule has 0 saturated carbocycles. The van der Waals surface area contributed by atoms with Gasteiger partial charge in [0, 0.05) is 11.9 Å². The van der Waals surface area contributed by atoms with E-state index in [9.17, 15) is 4.79 Å². The number of rotatable bonds is 6. The van der Waals surface area contributed by atoms with Crippen molar-refractivity contribution in [2.75, 3.05) is 12.3 Å². The molecule has 0 aliphatic rings. The Morgan fingerprint density at radius 3 is 2.79 bits per heavy atom. The molecular formula is C13H16N4O2. The predicted molar refractivity (Wildman–Crippen MR) is 71.4 cm³/mol. The van der Waals surface area contributed by atoms with Gasteiger partial charge in [-0.1, -0.05) is 0 Å². The standard InChI is InChI=1S/C13H16N4O2/c14-10-1-3-12(4-2-10)19-8-6-13(18)15-9-11-5-7-16-17-11/h1-5,7H,6,8-9,14H2,(H,15,18)(H,16,17). The number of hydrogen-bond donors (Lipinski definition) is 3. The second kappa shape index (κ2) is 6.44. The number of carbonyl (C=O) groups excluding carboxylic acids is 1. The van der Waals surface area contributed by atoms with Gasteiger partial charge in [-0.3, -0.25) is 9.89 Å². The Kier molecular flexibility index (Phi) is 4.39. The zero-order chi connectivity index (χ0) is 13.5. The summed E-state index contributed by atoms with van der Waals surface area (Å²) in [5.41, 5.74) is 7.11. The maximum atomic E-state index is 11.5. The van der Waals surface area contributed by atoms with Gasteiger partial charge < -0.3 is 15.8 Å². The van der Waals surface area contributed by atoms with E-state index in [1.165, 1.54) is 0 Å². The average molecular weight is 260 g/mol. The number of benzene rings is 1. The molecule has 0 bridgehead atoms. The van der Waals surface area contributed by atoms with E-state index < -0.39 is 0 Å². The van der Waals surface area contributed by atoms with Crippen molar-refractivity contribution in [3.63, 3.8) is 0 Å². The fraction of sp³-hybridized carbons (Fsp3) is 0.231. The fourth-order valence-corrected chi connectivity index (χ4v) is 1.49. The van der Waals surface area contributed by atoms with Gasteiger partial charge in [0.05, 0.1) is 25.3 Å². The Labute approximate surface area is 111 Å². The van der Waals surface area contributed by atoms with Crippen molar-refractivity contribution < 1.29 is 9.53 Å². The molecule has 0 radical (unpaired) electrons. The van der Waals surface area contributed by atoms with Crippen LogP contribution in [-0.2, 0) is 11.3 Å². The van der Waals surface area contributed by atoms with Crippen molar-refractivity contribution in [1.82, 2.24) is 15.5 Å². The number of H-pyrrole nitrogens is 1. The molecule has 1 aromatic heterocycles. The van der Waals surface area contributed by atoms with Crippen LogP contribution in [-0.4, -0.2) is 22.7 Å². The molecule has 100 valence electrons.